The van der Waals surface area contributed by atoms with Gasteiger partial charge in [0, 0.05) is 23.8 Å². The van der Waals surface area contributed by atoms with Crippen molar-refractivity contribution in [2.75, 3.05) is 5.32 Å². The van der Waals surface area contributed by atoms with Gasteiger partial charge in [0.2, 0.25) is 15.9 Å². The van der Waals surface area contributed by atoms with Crippen LogP contribution in [0.25, 0.3) is 0 Å². The summed E-state index contributed by atoms with van der Waals surface area (Å²) < 4.78 is 43.0. The zero-order chi connectivity index (χ0) is 14.1. The van der Waals surface area contributed by atoms with Crippen molar-refractivity contribution in [2.45, 2.75) is 16.7 Å². The zero-order valence-electron chi connectivity index (χ0n) is 9.11. The third kappa shape index (κ3) is 3.99. The van der Waals surface area contributed by atoms with Gasteiger partial charge in [-0.3, -0.25) is 4.79 Å². The van der Waals surface area contributed by atoms with Crippen molar-refractivity contribution >= 4 is 41.6 Å². The molecule has 1 rings (SSSR count). The highest BCUT2D eigenvalue weighted by atomic mass is 32.8. The van der Waals surface area contributed by atoms with Gasteiger partial charge in [0.05, 0.1) is 9.79 Å². The van der Waals surface area contributed by atoms with Crippen LogP contribution < -0.4 is 10.5 Å². The average Bonchev–Trinajstić information content (AvgIpc) is 2.13. The maximum Gasteiger partial charge on any atom is 0.238 e. The van der Waals surface area contributed by atoms with E-state index >= 15 is 0 Å². The summed E-state index contributed by atoms with van der Waals surface area (Å²) in [6.07, 6.45) is 0. The summed E-state index contributed by atoms with van der Waals surface area (Å²) in [5.74, 6) is -0.471. The predicted molar refractivity (Wildman–Crippen MR) is 68.5 cm³/mol. The molecule has 0 heterocycles. The molecule has 0 aliphatic carbocycles. The Hall–Kier alpha value is -1.07. The number of benzene rings is 1. The Kier molecular flexibility index (Phi) is 4.08. The number of anilines is 1. The zero-order valence-corrected chi connectivity index (χ0v) is 11.6. The smallest absolute Gasteiger partial charge is 0.238 e. The highest BCUT2D eigenvalue weighted by molar-refractivity contribution is 8.29. The van der Waals surface area contributed by atoms with Gasteiger partial charge >= 0.3 is 0 Å². The minimum absolute atomic E-state index is 0.0238. The summed E-state index contributed by atoms with van der Waals surface area (Å²) in [4.78, 5) is 10.2. The Morgan fingerprint density at radius 2 is 1.78 bits per heavy atom. The van der Waals surface area contributed by atoms with E-state index in [1.807, 2.05) is 0 Å². The summed E-state index contributed by atoms with van der Waals surface area (Å²) in [5, 5.41) is 7.21. The normalized spacial score (nSPS) is 14.8. The fourth-order valence-corrected chi connectivity index (χ4v) is 2.66. The molecule has 0 radical (unpaired) electrons. The van der Waals surface area contributed by atoms with Crippen LogP contribution in [0.4, 0.5) is 5.69 Å². The van der Waals surface area contributed by atoms with Crippen molar-refractivity contribution < 1.29 is 22.0 Å². The van der Waals surface area contributed by atoms with E-state index in [2.05, 4.69) is 16.5 Å². The lowest BCUT2D eigenvalue weighted by Gasteiger charge is -2.08. The van der Waals surface area contributed by atoms with Crippen LogP contribution in [-0.2, 0) is 34.8 Å². The molecule has 1 amide bonds. The molecule has 18 heavy (non-hydrogen) atoms. The first-order valence-electron chi connectivity index (χ1n) is 4.43. The number of rotatable bonds is 3. The van der Waals surface area contributed by atoms with Crippen LogP contribution in [0.1, 0.15) is 6.92 Å². The van der Waals surface area contributed by atoms with Crippen LogP contribution in [0.15, 0.2) is 28.0 Å². The van der Waals surface area contributed by atoms with Crippen molar-refractivity contribution in [2.24, 2.45) is 5.14 Å². The highest BCUT2D eigenvalue weighted by Crippen LogP contribution is 2.21. The molecule has 4 N–H and O–H groups in total. The van der Waals surface area contributed by atoms with E-state index in [0.29, 0.717) is 0 Å². The van der Waals surface area contributed by atoms with Crippen molar-refractivity contribution in [1.82, 2.24) is 0 Å². The van der Waals surface area contributed by atoms with Gasteiger partial charge in [-0.1, -0.05) is 0 Å². The quantitative estimate of drug-likeness (QED) is 0.714. The van der Waals surface area contributed by atoms with E-state index in [0.717, 1.165) is 18.2 Å². The second-order valence-corrected chi connectivity index (χ2v) is 7.73. The highest BCUT2D eigenvalue weighted by Gasteiger charge is 2.15. The minimum Gasteiger partial charge on any atom is -0.326 e. The minimum atomic E-state index is -4.08. The molecule has 0 aromatic heterocycles. The van der Waals surface area contributed by atoms with Gasteiger partial charge in [-0.2, -0.15) is 0 Å². The molecular weight excluding hydrogens is 300 g/mol. The Morgan fingerprint density at radius 3 is 2.17 bits per heavy atom. The Bertz CT molecular complexity index is 643. The van der Waals surface area contributed by atoms with E-state index in [9.17, 15) is 22.0 Å². The second-order valence-electron chi connectivity index (χ2n) is 3.39. The molecular formula is C8H10N2O5S3. The summed E-state index contributed by atoms with van der Waals surface area (Å²) in [5.41, 5.74) is 0.0238. The number of primary sulfonamides is 1. The fraction of sp³-hybridized carbons (Fsp3) is 0.125. The monoisotopic (exact) mass is 310 g/mol. The summed E-state index contributed by atoms with van der Waals surface area (Å²) in [6, 6.07) is 3.09. The van der Waals surface area contributed by atoms with Gasteiger partial charge < -0.3 is 9.87 Å². The Labute approximate surface area is 109 Å². The number of sulfonamides is 1. The maximum atomic E-state index is 11.3. The van der Waals surface area contributed by atoms with Crippen LogP contribution in [0.5, 0.6) is 0 Å². The molecule has 1 unspecified atom stereocenters. The number of hydrogen-bond acceptors (Lipinski definition) is 5. The molecule has 10 heteroatoms. The summed E-state index contributed by atoms with van der Waals surface area (Å²) in [7, 11) is -7.86. The van der Waals surface area contributed by atoms with Crippen LogP contribution in [-0.4, -0.2) is 23.1 Å². The third-order valence-corrected chi connectivity index (χ3v) is 4.13. The number of carbonyl (C=O) groups is 1. The lowest BCUT2D eigenvalue weighted by molar-refractivity contribution is -0.114. The topological polar surface area (TPSA) is 127 Å². The average molecular weight is 310 g/mol. The van der Waals surface area contributed by atoms with E-state index in [1.54, 1.807) is 0 Å². The number of nitrogens with one attached hydrogen (secondary N) is 1. The van der Waals surface area contributed by atoms with Crippen LogP contribution in [0.3, 0.4) is 0 Å². The van der Waals surface area contributed by atoms with Crippen molar-refractivity contribution in [3.8, 4) is 0 Å². The van der Waals surface area contributed by atoms with E-state index in [-0.39, 0.29) is 10.6 Å². The maximum absolute atomic E-state index is 11.3. The van der Waals surface area contributed by atoms with Crippen LogP contribution in [0.2, 0.25) is 0 Å². The largest absolute Gasteiger partial charge is 0.326 e. The van der Waals surface area contributed by atoms with E-state index < -0.39 is 29.6 Å². The first-order chi connectivity index (χ1) is 8.00. The summed E-state index contributed by atoms with van der Waals surface area (Å²) >= 11 is 4.34. The molecule has 1 aromatic rings. The molecule has 0 aliphatic heterocycles. The fourth-order valence-electron chi connectivity index (χ4n) is 1.16. The van der Waals surface area contributed by atoms with Gasteiger partial charge in [0.1, 0.15) is 0 Å². The molecule has 0 saturated carbocycles. The molecule has 0 bridgehead atoms. The van der Waals surface area contributed by atoms with Gasteiger partial charge in [0.25, 0.3) is 0 Å². The second kappa shape index (κ2) is 4.90. The number of hydrogen-bond donors (Lipinski definition) is 3. The molecule has 0 spiro atoms. The number of carbonyl (C=O) groups excluding carboxylic acids is 1. The first kappa shape index (κ1) is 15.0. The van der Waals surface area contributed by atoms with Crippen molar-refractivity contribution in [3.05, 3.63) is 18.2 Å². The van der Waals surface area contributed by atoms with Crippen LogP contribution in [0, 0.1) is 0 Å². The van der Waals surface area contributed by atoms with E-state index in [1.165, 1.54) is 6.92 Å². The molecule has 1 atom stereocenters. The lowest BCUT2D eigenvalue weighted by atomic mass is 10.3. The standard InChI is InChI=1S/C8H10N2O5S3/c1-5(11)10-6-2-7(17(9,12)13)4-8(3-6)18(14,15)16/h2-4H,1H3,(H,10,11)(H2,9,12,13)(H,14,15,16). The van der Waals surface area contributed by atoms with Crippen molar-refractivity contribution in [1.29, 1.82) is 0 Å². The van der Waals surface area contributed by atoms with Gasteiger partial charge in [0.15, 0.2) is 8.77 Å². The van der Waals surface area contributed by atoms with Gasteiger partial charge in [-0.05, 0) is 18.2 Å². The van der Waals surface area contributed by atoms with E-state index in [4.69, 9.17) is 5.14 Å². The molecule has 7 nitrogen and oxygen atoms in total. The van der Waals surface area contributed by atoms with Crippen LogP contribution >= 0.6 is 0 Å². The predicted octanol–water partition coefficient (Wildman–Crippen LogP) is -0.129. The molecule has 0 fully saturated rings. The number of amides is 1. The van der Waals surface area contributed by atoms with Crippen molar-refractivity contribution in [3.63, 3.8) is 0 Å². The lowest BCUT2D eigenvalue weighted by Crippen LogP contribution is -2.14. The Balaban J connectivity index is 3.53. The third-order valence-electron chi connectivity index (χ3n) is 1.83. The molecule has 1 aromatic carbocycles. The van der Waals surface area contributed by atoms with Gasteiger partial charge in [-0.15, -0.1) is 0 Å². The Morgan fingerprint density at radius 1 is 1.28 bits per heavy atom. The first-order valence-corrected chi connectivity index (χ1v) is 8.42. The molecule has 0 aliphatic rings. The molecule has 100 valence electrons. The summed E-state index contributed by atoms with van der Waals surface area (Å²) in [6.45, 7) is 1.20. The SMILES string of the molecule is CC(=O)Nc1cc(S(N)(=O)=O)cc(S(=O)(O)=S)c1. The number of nitrogens with two attached hydrogens (primary N) is 1. The molecule has 0 saturated heterocycles. The van der Waals surface area contributed by atoms with Gasteiger partial charge in [-0.25, -0.2) is 17.8 Å².